The van der Waals surface area contributed by atoms with Crippen LogP contribution in [0.1, 0.15) is 60.1 Å². The highest BCUT2D eigenvalue weighted by molar-refractivity contribution is 7.14. The number of carbonyl (C=O) groups excluding carboxylic acids is 1. The minimum absolute atomic E-state index is 0.0398. The molecule has 20 heavy (non-hydrogen) atoms. The van der Waals surface area contributed by atoms with Gasteiger partial charge in [0.05, 0.1) is 10.4 Å². The first-order valence-corrected chi connectivity index (χ1v) is 8.39. The minimum atomic E-state index is -0.310. The predicted molar refractivity (Wildman–Crippen MR) is 85.3 cm³/mol. The van der Waals surface area contributed by atoms with E-state index >= 15 is 0 Å². The van der Waals surface area contributed by atoms with E-state index < -0.39 is 0 Å². The molecule has 1 aromatic rings. The molecule has 1 atom stereocenters. The molecule has 1 unspecified atom stereocenters. The SMILES string of the molecule is CC(C)CC(C)(CN)NC(=O)c1cc2c(s1)CCCC2. The summed E-state index contributed by atoms with van der Waals surface area (Å²) in [7, 11) is 0. The molecule has 0 aliphatic heterocycles. The zero-order chi connectivity index (χ0) is 14.8. The fourth-order valence-electron chi connectivity index (χ4n) is 3.02. The van der Waals surface area contributed by atoms with Crippen molar-refractivity contribution < 1.29 is 4.79 Å². The predicted octanol–water partition coefficient (Wildman–Crippen LogP) is 3.12. The number of nitrogens with two attached hydrogens (primary N) is 1. The lowest BCUT2D eigenvalue weighted by Crippen LogP contribution is -2.52. The van der Waals surface area contributed by atoms with Crippen LogP contribution in [-0.2, 0) is 12.8 Å². The zero-order valence-corrected chi connectivity index (χ0v) is 13.6. The zero-order valence-electron chi connectivity index (χ0n) is 12.8. The number of fused-ring (bicyclic) bond motifs is 1. The Hall–Kier alpha value is -0.870. The topological polar surface area (TPSA) is 55.1 Å². The molecule has 0 spiro atoms. The summed E-state index contributed by atoms with van der Waals surface area (Å²) in [5.74, 6) is 0.554. The third-order valence-corrected chi connectivity index (χ3v) is 5.18. The van der Waals surface area contributed by atoms with Gasteiger partial charge < -0.3 is 11.1 Å². The Labute approximate surface area is 125 Å². The number of hydrogen-bond acceptors (Lipinski definition) is 3. The Balaban J connectivity index is 2.09. The molecule has 0 saturated carbocycles. The lowest BCUT2D eigenvalue weighted by molar-refractivity contribution is 0.0902. The van der Waals surface area contributed by atoms with Crippen LogP contribution in [0.15, 0.2) is 6.07 Å². The highest BCUT2D eigenvalue weighted by Crippen LogP contribution is 2.30. The molecule has 112 valence electrons. The maximum Gasteiger partial charge on any atom is 0.261 e. The molecular weight excluding hydrogens is 268 g/mol. The van der Waals surface area contributed by atoms with Crippen LogP contribution in [0.25, 0.3) is 0 Å². The number of amides is 1. The molecule has 1 heterocycles. The quantitative estimate of drug-likeness (QED) is 0.876. The van der Waals surface area contributed by atoms with E-state index in [2.05, 4.69) is 25.2 Å². The van der Waals surface area contributed by atoms with E-state index in [1.807, 2.05) is 6.92 Å². The van der Waals surface area contributed by atoms with Crippen LogP contribution < -0.4 is 11.1 Å². The molecule has 3 nitrogen and oxygen atoms in total. The van der Waals surface area contributed by atoms with Crippen LogP contribution in [0.4, 0.5) is 0 Å². The van der Waals surface area contributed by atoms with Gasteiger partial charge in [0.15, 0.2) is 0 Å². The fraction of sp³-hybridized carbons (Fsp3) is 0.688. The average Bonchev–Trinajstić information content (AvgIpc) is 2.81. The minimum Gasteiger partial charge on any atom is -0.345 e. The summed E-state index contributed by atoms with van der Waals surface area (Å²) >= 11 is 1.66. The second-order valence-corrected chi connectivity index (χ2v) is 7.72. The Bertz CT molecular complexity index is 457. The first-order chi connectivity index (χ1) is 9.43. The van der Waals surface area contributed by atoms with Crippen molar-refractivity contribution in [1.82, 2.24) is 5.32 Å². The summed E-state index contributed by atoms with van der Waals surface area (Å²) in [5.41, 5.74) is 6.94. The Morgan fingerprint density at radius 1 is 1.45 bits per heavy atom. The molecule has 0 radical (unpaired) electrons. The van der Waals surface area contributed by atoms with Crippen LogP contribution in [0.2, 0.25) is 0 Å². The molecule has 2 rings (SSSR count). The molecular formula is C16H26N2OS. The average molecular weight is 294 g/mol. The Morgan fingerprint density at radius 3 is 2.75 bits per heavy atom. The summed E-state index contributed by atoms with van der Waals surface area (Å²) in [6, 6.07) is 2.08. The second-order valence-electron chi connectivity index (χ2n) is 6.58. The number of rotatable bonds is 5. The number of nitrogens with one attached hydrogen (secondary N) is 1. The first kappa shape index (κ1) is 15.5. The molecule has 1 aliphatic rings. The van der Waals surface area contributed by atoms with Gasteiger partial charge in [0.2, 0.25) is 0 Å². The third-order valence-electron chi connectivity index (χ3n) is 3.94. The monoisotopic (exact) mass is 294 g/mol. The van der Waals surface area contributed by atoms with Crippen molar-refractivity contribution in [3.05, 3.63) is 21.4 Å². The molecule has 0 saturated heterocycles. The smallest absolute Gasteiger partial charge is 0.261 e. The Morgan fingerprint density at radius 2 is 2.15 bits per heavy atom. The molecule has 1 amide bonds. The van der Waals surface area contributed by atoms with Gasteiger partial charge in [0, 0.05) is 11.4 Å². The van der Waals surface area contributed by atoms with Gasteiger partial charge in [-0.3, -0.25) is 4.79 Å². The highest BCUT2D eigenvalue weighted by Gasteiger charge is 2.27. The summed E-state index contributed by atoms with van der Waals surface area (Å²) < 4.78 is 0. The third kappa shape index (κ3) is 3.61. The van der Waals surface area contributed by atoms with Gasteiger partial charge in [0.25, 0.3) is 5.91 Å². The lowest BCUT2D eigenvalue weighted by Gasteiger charge is -2.31. The molecule has 0 fully saturated rings. The van der Waals surface area contributed by atoms with Crippen molar-refractivity contribution in [2.24, 2.45) is 11.7 Å². The normalized spacial score (nSPS) is 17.6. The molecule has 3 N–H and O–H groups in total. The van der Waals surface area contributed by atoms with Gasteiger partial charge in [-0.05, 0) is 56.6 Å². The van der Waals surface area contributed by atoms with Crippen LogP contribution in [0, 0.1) is 5.92 Å². The maximum atomic E-state index is 12.5. The van der Waals surface area contributed by atoms with Gasteiger partial charge in [0.1, 0.15) is 0 Å². The molecule has 4 heteroatoms. The van der Waals surface area contributed by atoms with Crippen molar-refractivity contribution in [3.8, 4) is 0 Å². The van der Waals surface area contributed by atoms with Crippen LogP contribution in [-0.4, -0.2) is 18.0 Å². The van der Waals surface area contributed by atoms with E-state index in [-0.39, 0.29) is 11.4 Å². The first-order valence-electron chi connectivity index (χ1n) is 7.58. The number of hydrogen-bond donors (Lipinski definition) is 2. The van der Waals surface area contributed by atoms with Gasteiger partial charge in [-0.1, -0.05) is 13.8 Å². The summed E-state index contributed by atoms with van der Waals surface area (Å²) in [6.45, 7) is 6.83. The van der Waals surface area contributed by atoms with Crippen LogP contribution in [0.3, 0.4) is 0 Å². The van der Waals surface area contributed by atoms with Gasteiger partial charge >= 0.3 is 0 Å². The highest BCUT2D eigenvalue weighted by atomic mass is 32.1. The number of carbonyl (C=O) groups is 1. The van der Waals surface area contributed by atoms with E-state index in [4.69, 9.17) is 5.73 Å². The standard InChI is InChI=1S/C16H26N2OS/c1-11(2)9-16(3,10-17)18-15(19)14-8-12-6-4-5-7-13(12)20-14/h8,11H,4-7,9-10,17H2,1-3H3,(H,18,19). The summed E-state index contributed by atoms with van der Waals surface area (Å²) in [5, 5.41) is 3.15. The van der Waals surface area contributed by atoms with Gasteiger partial charge in [-0.25, -0.2) is 0 Å². The lowest BCUT2D eigenvalue weighted by atomic mass is 9.90. The van der Waals surface area contributed by atoms with E-state index in [9.17, 15) is 4.79 Å². The maximum absolute atomic E-state index is 12.5. The van der Waals surface area contributed by atoms with Crippen molar-refractivity contribution in [3.63, 3.8) is 0 Å². The molecule has 1 aliphatic carbocycles. The van der Waals surface area contributed by atoms with Crippen molar-refractivity contribution in [2.45, 2.75) is 58.4 Å². The van der Waals surface area contributed by atoms with Crippen molar-refractivity contribution in [2.75, 3.05) is 6.54 Å². The van der Waals surface area contributed by atoms with E-state index in [0.29, 0.717) is 12.5 Å². The second kappa shape index (κ2) is 6.27. The van der Waals surface area contributed by atoms with E-state index in [1.54, 1.807) is 11.3 Å². The van der Waals surface area contributed by atoms with Crippen LogP contribution >= 0.6 is 11.3 Å². The Kier molecular flexibility index (Phi) is 4.86. The number of aryl methyl sites for hydroxylation is 2. The molecule has 1 aromatic heterocycles. The summed E-state index contributed by atoms with van der Waals surface area (Å²) in [6.07, 6.45) is 5.66. The molecule has 0 bridgehead atoms. The van der Waals surface area contributed by atoms with E-state index in [0.717, 1.165) is 24.1 Å². The van der Waals surface area contributed by atoms with Crippen molar-refractivity contribution >= 4 is 17.2 Å². The van der Waals surface area contributed by atoms with Crippen molar-refractivity contribution in [1.29, 1.82) is 0 Å². The fourth-order valence-corrected chi connectivity index (χ4v) is 4.17. The van der Waals surface area contributed by atoms with Crippen LogP contribution in [0.5, 0.6) is 0 Å². The van der Waals surface area contributed by atoms with E-state index in [1.165, 1.54) is 23.3 Å². The largest absolute Gasteiger partial charge is 0.345 e. The number of thiophene rings is 1. The van der Waals surface area contributed by atoms with Gasteiger partial charge in [-0.2, -0.15) is 0 Å². The summed E-state index contributed by atoms with van der Waals surface area (Å²) in [4.78, 5) is 14.7. The molecule has 0 aromatic carbocycles. The van der Waals surface area contributed by atoms with Gasteiger partial charge in [-0.15, -0.1) is 11.3 Å².